The van der Waals surface area contributed by atoms with Gasteiger partial charge in [-0.05, 0) is 29.8 Å². The first-order chi connectivity index (χ1) is 9.95. The number of nitrogens with zero attached hydrogens (tertiary/aromatic N) is 1. The lowest BCUT2D eigenvalue weighted by molar-refractivity contribution is -0.384. The standard InChI is InChI=1S/C14H10ClNO4S/c15-12-8-11(5-6-13(12)16(19)20)21-10-3-1-9(2-4-10)7-14(17)18/h1-6,8H,7H2,(H,17,18). The van der Waals surface area contributed by atoms with Gasteiger partial charge in [0.05, 0.1) is 11.3 Å². The van der Waals surface area contributed by atoms with E-state index in [4.69, 9.17) is 16.7 Å². The molecule has 0 fully saturated rings. The van der Waals surface area contributed by atoms with Gasteiger partial charge in [-0.15, -0.1) is 0 Å². The van der Waals surface area contributed by atoms with Crippen LogP contribution in [-0.2, 0) is 11.2 Å². The fourth-order valence-corrected chi connectivity index (χ4v) is 2.86. The first kappa shape index (κ1) is 15.3. The van der Waals surface area contributed by atoms with Crippen LogP contribution in [0.15, 0.2) is 52.3 Å². The summed E-state index contributed by atoms with van der Waals surface area (Å²) in [6.07, 6.45) is -0.0195. The molecule has 0 radical (unpaired) electrons. The van der Waals surface area contributed by atoms with Crippen LogP contribution in [0.3, 0.4) is 0 Å². The molecule has 7 heteroatoms. The minimum atomic E-state index is -0.877. The predicted octanol–water partition coefficient (Wildman–Crippen LogP) is 4.03. The van der Waals surface area contributed by atoms with E-state index in [1.165, 1.54) is 23.9 Å². The molecular weight excluding hydrogens is 314 g/mol. The van der Waals surface area contributed by atoms with Gasteiger partial charge in [0.1, 0.15) is 5.02 Å². The van der Waals surface area contributed by atoms with E-state index < -0.39 is 10.9 Å². The number of benzene rings is 2. The molecule has 0 aliphatic heterocycles. The summed E-state index contributed by atoms with van der Waals surface area (Å²) in [6.45, 7) is 0. The van der Waals surface area contributed by atoms with Crippen LogP contribution in [0.2, 0.25) is 5.02 Å². The van der Waals surface area contributed by atoms with Crippen molar-refractivity contribution in [3.63, 3.8) is 0 Å². The highest BCUT2D eigenvalue weighted by molar-refractivity contribution is 7.99. The largest absolute Gasteiger partial charge is 0.481 e. The molecule has 108 valence electrons. The second kappa shape index (κ2) is 6.60. The van der Waals surface area contributed by atoms with Crippen molar-refractivity contribution < 1.29 is 14.8 Å². The van der Waals surface area contributed by atoms with Gasteiger partial charge >= 0.3 is 5.97 Å². The van der Waals surface area contributed by atoms with Gasteiger partial charge in [-0.3, -0.25) is 14.9 Å². The van der Waals surface area contributed by atoms with E-state index in [1.54, 1.807) is 30.3 Å². The van der Waals surface area contributed by atoms with Gasteiger partial charge in [0.25, 0.3) is 5.69 Å². The Balaban J connectivity index is 2.13. The summed E-state index contributed by atoms with van der Waals surface area (Å²) in [6, 6.07) is 11.6. The zero-order chi connectivity index (χ0) is 15.4. The molecule has 0 spiro atoms. The van der Waals surface area contributed by atoms with Crippen LogP contribution in [0.1, 0.15) is 5.56 Å². The molecule has 0 aliphatic rings. The Morgan fingerprint density at radius 2 is 1.81 bits per heavy atom. The Morgan fingerprint density at radius 1 is 1.19 bits per heavy atom. The highest BCUT2D eigenvalue weighted by atomic mass is 35.5. The monoisotopic (exact) mass is 323 g/mol. The van der Waals surface area contributed by atoms with E-state index in [0.29, 0.717) is 5.56 Å². The maximum Gasteiger partial charge on any atom is 0.307 e. The van der Waals surface area contributed by atoms with Crippen molar-refractivity contribution in [2.45, 2.75) is 16.2 Å². The Hall–Kier alpha value is -2.05. The first-order valence-corrected chi connectivity index (χ1v) is 7.07. The lowest BCUT2D eigenvalue weighted by Gasteiger charge is -2.04. The van der Waals surface area contributed by atoms with Crippen LogP contribution >= 0.6 is 23.4 Å². The van der Waals surface area contributed by atoms with Gasteiger partial charge in [-0.25, -0.2) is 0 Å². The summed E-state index contributed by atoms with van der Waals surface area (Å²) in [5, 5.41) is 19.5. The summed E-state index contributed by atoms with van der Waals surface area (Å²) in [5.74, 6) is -0.877. The number of aliphatic carboxylic acids is 1. The lowest BCUT2D eigenvalue weighted by atomic mass is 10.2. The average molecular weight is 324 g/mol. The molecule has 2 aromatic carbocycles. The second-order valence-corrected chi connectivity index (χ2v) is 5.74. The van der Waals surface area contributed by atoms with E-state index in [0.717, 1.165) is 9.79 Å². The van der Waals surface area contributed by atoms with Crippen molar-refractivity contribution >= 4 is 35.0 Å². The zero-order valence-electron chi connectivity index (χ0n) is 10.7. The minimum absolute atomic E-state index is 0.0195. The van der Waals surface area contributed by atoms with Gasteiger partial charge in [-0.1, -0.05) is 35.5 Å². The Bertz CT molecular complexity index is 688. The highest BCUT2D eigenvalue weighted by Crippen LogP contribution is 2.33. The molecule has 0 saturated carbocycles. The molecular formula is C14H10ClNO4S. The molecule has 0 atom stereocenters. The zero-order valence-corrected chi connectivity index (χ0v) is 12.2. The molecule has 21 heavy (non-hydrogen) atoms. The molecule has 0 amide bonds. The summed E-state index contributed by atoms with van der Waals surface area (Å²) in [7, 11) is 0. The van der Waals surface area contributed by atoms with Gasteiger partial charge < -0.3 is 5.11 Å². The molecule has 5 nitrogen and oxygen atoms in total. The molecule has 2 rings (SSSR count). The quantitative estimate of drug-likeness (QED) is 0.663. The molecule has 0 bridgehead atoms. The number of hydrogen-bond donors (Lipinski definition) is 1. The predicted molar refractivity (Wildman–Crippen MR) is 80.0 cm³/mol. The van der Waals surface area contributed by atoms with Crippen LogP contribution in [0, 0.1) is 10.1 Å². The van der Waals surface area contributed by atoms with Crippen LogP contribution in [0.5, 0.6) is 0 Å². The number of carbonyl (C=O) groups is 1. The van der Waals surface area contributed by atoms with Crippen LogP contribution in [0.4, 0.5) is 5.69 Å². The number of carboxylic acid groups (broad SMARTS) is 1. The van der Waals surface area contributed by atoms with E-state index in [9.17, 15) is 14.9 Å². The van der Waals surface area contributed by atoms with E-state index in [-0.39, 0.29) is 17.1 Å². The van der Waals surface area contributed by atoms with Crippen molar-refractivity contribution in [3.8, 4) is 0 Å². The fraction of sp³-hybridized carbons (Fsp3) is 0.0714. The number of nitro groups is 1. The maximum atomic E-state index is 10.7. The van der Waals surface area contributed by atoms with Gasteiger partial charge in [0.15, 0.2) is 0 Å². The fourth-order valence-electron chi connectivity index (χ4n) is 1.69. The average Bonchev–Trinajstić information content (AvgIpc) is 2.40. The Morgan fingerprint density at radius 3 is 2.33 bits per heavy atom. The molecule has 0 heterocycles. The third kappa shape index (κ3) is 4.21. The van der Waals surface area contributed by atoms with Gasteiger partial charge in [0.2, 0.25) is 0 Å². The van der Waals surface area contributed by atoms with Crippen molar-refractivity contribution in [3.05, 3.63) is 63.2 Å². The summed E-state index contributed by atoms with van der Waals surface area (Å²) in [5.41, 5.74) is 0.589. The van der Waals surface area contributed by atoms with Crippen molar-refractivity contribution in [2.24, 2.45) is 0 Å². The maximum absolute atomic E-state index is 10.7. The lowest BCUT2D eigenvalue weighted by Crippen LogP contribution is -1.99. The van der Waals surface area contributed by atoms with Crippen molar-refractivity contribution in [2.75, 3.05) is 0 Å². The van der Waals surface area contributed by atoms with Crippen molar-refractivity contribution in [1.82, 2.24) is 0 Å². The number of rotatable bonds is 5. The minimum Gasteiger partial charge on any atom is -0.481 e. The molecule has 0 aliphatic carbocycles. The Kier molecular flexibility index (Phi) is 4.82. The van der Waals surface area contributed by atoms with E-state index in [1.807, 2.05) is 0 Å². The highest BCUT2D eigenvalue weighted by Gasteiger charge is 2.12. The Labute approximate surface area is 129 Å². The third-order valence-electron chi connectivity index (χ3n) is 2.63. The van der Waals surface area contributed by atoms with E-state index in [2.05, 4.69) is 0 Å². The molecule has 0 aromatic heterocycles. The molecule has 0 saturated heterocycles. The number of hydrogen-bond acceptors (Lipinski definition) is 4. The SMILES string of the molecule is O=C(O)Cc1ccc(Sc2ccc([N+](=O)[O-])c(Cl)c2)cc1. The van der Waals surface area contributed by atoms with Crippen LogP contribution < -0.4 is 0 Å². The molecule has 2 aromatic rings. The van der Waals surface area contributed by atoms with E-state index >= 15 is 0 Å². The first-order valence-electron chi connectivity index (χ1n) is 5.88. The topological polar surface area (TPSA) is 80.4 Å². The second-order valence-electron chi connectivity index (χ2n) is 4.19. The van der Waals surface area contributed by atoms with Gasteiger partial charge in [0, 0.05) is 15.9 Å². The third-order valence-corrected chi connectivity index (χ3v) is 3.93. The molecule has 1 N–H and O–H groups in total. The molecule has 0 unspecified atom stereocenters. The number of carboxylic acids is 1. The summed E-state index contributed by atoms with van der Waals surface area (Å²) < 4.78 is 0. The van der Waals surface area contributed by atoms with Crippen LogP contribution in [-0.4, -0.2) is 16.0 Å². The van der Waals surface area contributed by atoms with Gasteiger partial charge in [-0.2, -0.15) is 0 Å². The normalized spacial score (nSPS) is 10.3. The summed E-state index contributed by atoms with van der Waals surface area (Å²) >= 11 is 7.25. The van der Waals surface area contributed by atoms with Crippen molar-refractivity contribution in [1.29, 1.82) is 0 Å². The number of nitro benzene ring substituents is 1. The summed E-state index contributed by atoms with van der Waals surface area (Å²) in [4.78, 5) is 22.4. The van der Waals surface area contributed by atoms with Crippen LogP contribution in [0.25, 0.3) is 0 Å². The smallest absolute Gasteiger partial charge is 0.307 e. The number of halogens is 1.